The highest BCUT2D eigenvalue weighted by molar-refractivity contribution is 4.79. The summed E-state index contributed by atoms with van der Waals surface area (Å²) in [6, 6.07) is 0.724. The van der Waals surface area contributed by atoms with E-state index in [1.54, 1.807) is 0 Å². The highest BCUT2D eigenvalue weighted by Gasteiger charge is 2.21. The van der Waals surface area contributed by atoms with Crippen LogP contribution < -0.4 is 5.32 Å². The van der Waals surface area contributed by atoms with Crippen molar-refractivity contribution in [2.24, 2.45) is 5.92 Å². The Kier molecular flexibility index (Phi) is 3.87. The Morgan fingerprint density at radius 3 is 2.82 bits per heavy atom. The molecule has 1 aliphatic rings. The standard InChI is InChI=1S/C9H19NO/c1-8-4-2-5-9(8)10-6-3-7-11/h8-11H,2-7H2,1H3/t8-,9+/m0/s1. The molecule has 2 atom stereocenters. The van der Waals surface area contributed by atoms with E-state index in [9.17, 15) is 0 Å². The van der Waals surface area contributed by atoms with Crippen LogP contribution in [0.15, 0.2) is 0 Å². The molecule has 0 aromatic carbocycles. The first-order chi connectivity index (χ1) is 5.34. The minimum absolute atomic E-state index is 0.314. The Morgan fingerprint density at radius 1 is 1.45 bits per heavy atom. The molecular weight excluding hydrogens is 138 g/mol. The lowest BCUT2D eigenvalue weighted by atomic mass is 10.1. The SMILES string of the molecule is C[C@H]1CCC[C@H]1NCCCO. The molecule has 1 saturated carbocycles. The molecule has 0 spiro atoms. The highest BCUT2D eigenvalue weighted by atomic mass is 16.3. The fourth-order valence-electron chi connectivity index (χ4n) is 1.82. The fraction of sp³-hybridized carbons (Fsp3) is 1.00. The second-order valence-electron chi connectivity index (χ2n) is 3.55. The van der Waals surface area contributed by atoms with Crippen molar-refractivity contribution in [2.75, 3.05) is 13.2 Å². The van der Waals surface area contributed by atoms with Crippen molar-refractivity contribution in [2.45, 2.75) is 38.6 Å². The Hall–Kier alpha value is -0.0800. The summed E-state index contributed by atoms with van der Waals surface area (Å²) in [4.78, 5) is 0. The second kappa shape index (κ2) is 4.73. The molecule has 1 rings (SSSR count). The summed E-state index contributed by atoms with van der Waals surface area (Å²) in [6.07, 6.45) is 4.96. The maximum absolute atomic E-state index is 8.57. The summed E-state index contributed by atoms with van der Waals surface area (Å²) in [5.41, 5.74) is 0. The Morgan fingerprint density at radius 2 is 2.27 bits per heavy atom. The van der Waals surface area contributed by atoms with E-state index < -0.39 is 0 Å². The van der Waals surface area contributed by atoms with Gasteiger partial charge in [-0.1, -0.05) is 13.3 Å². The summed E-state index contributed by atoms with van der Waals surface area (Å²) < 4.78 is 0. The largest absolute Gasteiger partial charge is 0.396 e. The molecule has 2 heteroatoms. The fourth-order valence-corrected chi connectivity index (χ4v) is 1.82. The summed E-state index contributed by atoms with van der Waals surface area (Å²) in [6.45, 7) is 3.60. The van der Waals surface area contributed by atoms with Gasteiger partial charge in [-0.15, -0.1) is 0 Å². The van der Waals surface area contributed by atoms with Crippen LogP contribution in [0.1, 0.15) is 32.6 Å². The zero-order valence-electron chi connectivity index (χ0n) is 7.34. The molecule has 0 heterocycles. The molecule has 0 radical (unpaired) electrons. The van der Waals surface area contributed by atoms with Gasteiger partial charge in [0, 0.05) is 12.6 Å². The van der Waals surface area contributed by atoms with Crippen LogP contribution >= 0.6 is 0 Å². The number of aliphatic hydroxyl groups excluding tert-OH is 1. The third kappa shape index (κ3) is 2.80. The smallest absolute Gasteiger partial charge is 0.0443 e. The van der Waals surface area contributed by atoms with Gasteiger partial charge in [-0.2, -0.15) is 0 Å². The average molecular weight is 157 g/mol. The van der Waals surface area contributed by atoms with E-state index in [2.05, 4.69) is 12.2 Å². The Bertz CT molecular complexity index is 106. The van der Waals surface area contributed by atoms with Gasteiger partial charge in [-0.3, -0.25) is 0 Å². The van der Waals surface area contributed by atoms with Crippen molar-refractivity contribution in [3.05, 3.63) is 0 Å². The van der Waals surface area contributed by atoms with Crippen LogP contribution in [0.2, 0.25) is 0 Å². The topological polar surface area (TPSA) is 32.3 Å². The summed E-state index contributed by atoms with van der Waals surface area (Å²) in [7, 11) is 0. The second-order valence-corrected chi connectivity index (χ2v) is 3.55. The first-order valence-electron chi connectivity index (χ1n) is 4.69. The number of hydrogen-bond donors (Lipinski definition) is 2. The molecule has 1 fully saturated rings. The predicted molar refractivity (Wildman–Crippen MR) is 46.5 cm³/mol. The molecule has 2 nitrogen and oxygen atoms in total. The molecule has 0 aromatic rings. The molecule has 0 aliphatic heterocycles. The molecule has 0 saturated heterocycles. The molecule has 66 valence electrons. The minimum Gasteiger partial charge on any atom is -0.396 e. The third-order valence-electron chi connectivity index (χ3n) is 2.60. The maximum Gasteiger partial charge on any atom is 0.0443 e. The van der Waals surface area contributed by atoms with Crippen LogP contribution in [0.4, 0.5) is 0 Å². The minimum atomic E-state index is 0.314. The molecule has 0 amide bonds. The van der Waals surface area contributed by atoms with Crippen LogP contribution in [0.25, 0.3) is 0 Å². The van der Waals surface area contributed by atoms with E-state index in [4.69, 9.17) is 5.11 Å². The average Bonchev–Trinajstić information content (AvgIpc) is 2.37. The zero-order valence-corrected chi connectivity index (χ0v) is 7.34. The van der Waals surface area contributed by atoms with Gasteiger partial charge in [0.25, 0.3) is 0 Å². The van der Waals surface area contributed by atoms with Crippen molar-refractivity contribution in [3.63, 3.8) is 0 Å². The molecule has 11 heavy (non-hydrogen) atoms. The van der Waals surface area contributed by atoms with Crippen molar-refractivity contribution >= 4 is 0 Å². The maximum atomic E-state index is 8.57. The van der Waals surface area contributed by atoms with Gasteiger partial charge < -0.3 is 10.4 Å². The van der Waals surface area contributed by atoms with Gasteiger partial charge in [0.05, 0.1) is 0 Å². The van der Waals surface area contributed by atoms with E-state index in [1.165, 1.54) is 19.3 Å². The number of rotatable bonds is 4. The van der Waals surface area contributed by atoms with Gasteiger partial charge in [0.2, 0.25) is 0 Å². The Balaban J connectivity index is 2.05. The lowest BCUT2D eigenvalue weighted by Crippen LogP contribution is -2.32. The van der Waals surface area contributed by atoms with E-state index >= 15 is 0 Å². The molecular formula is C9H19NO. The van der Waals surface area contributed by atoms with Gasteiger partial charge in [0.1, 0.15) is 0 Å². The lowest BCUT2D eigenvalue weighted by molar-refractivity contribution is 0.280. The highest BCUT2D eigenvalue weighted by Crippen LogP contribution is 2.24. The molecule has 1 aliphatic carbocycles. The van der Waals surface area contributed by atoms with Crippen molar-refractivity contribution in [1.29, 1.82) is 0 Å². The van der Waals surface area contributed by atoms with Gasteiger partial charge in [-0.25, -0.2) is 0 Å². The number of hydrogen-bond acceptors (Lipinski definition) is 2. The van der Waals surface area contributed by atoms with Crippen LogP contribution in [-0.2, 0) is 0 Å². The molecule has 2 N–H and O–H groups in total. The normalized spacial score (nSPS) is 31.1. The Labute approximate surface area is 69.0 Å². The monoisotopic (exact) mass is 157 g/mol. The summed E-state index contributed by atoms with van der Waals surface area (Å²) in [5, 5.41) is 12.0. The van der Waals surface area contributed by atoms with Crippen LogP contribution in [0, 0.1) is 5.92 Å². The van der Waals surface area contributed by atoms with E-state index in [1.807, 2.05) is 0 Å². The van der Waals surface area contributed by atoms with Gasteiger partial charge in [-0.05, 0) is 31.7 Å². The van der Waals surface area contributed by atoms with Gasteiger partial charge in [0.15, 0.2) is 0 Å². The molecule has 0 aromatic heterocycles. The number of nitrogens with one attached hydrogen (secondary N) is 1. The first kappa shape index (κ1) is 9.01. The van der Waals surface area contributed by atoms with Crippen LogP contribution in [0.5, 0.6) is 0 Å². The van der Waals surface area contributed by atoms with Crippen LogP contribution in [-0.4, -0.2) is 24.3 Å². The van der Waals surface area contributed by atoms with Crippen molar-refractivity contribution in [3.8, 4) is 0 Å². The van der Waals surface area contributed by atoms with Crippen molar-refractivity contribution < 1.29 is 5.11 Å². The van der Waals surface area contributed by atoms with Gasteiger partial charge >= 0.3 is 0 Å². The lowest BCUT2D eigenvalue weighted by Gasteiger charge is -2.16. The predicted octanol–water partition coefficient (Wildman–Crippen LogP) is 1.15. The third-order valence-corrected chi connectivity index (χ3v) is 2.60. The zero-order chi connectivity index (χ0) is 8.10. The summed E-state index contributed by atoms with van der Waals surface area (Å²) in [5.74, 6) is 0.841. The van der Waals surface area contributed by atoms with E-state index in [0.717, 1.165) is 24.9 Å². The quantitative estimate of drug-likeness (QED) is 0.600. The van der Waals surface area contributed by atoms with E-state index in [0.29, 0.717) is 6.61 Å². The van der Waals surface area contributed by atoms with Crippen molar-refractivity contribution in [1.82, 2.24) is 5.32 Å². The first-order valence-corrected chi connectivity index (χ1v) is 4.69. The molecule has 0 bridgehead atoms. The molecule has 0 unspecified atom stereocenters. The number of aliphatic hydroxyl groups is 1. The van der Waals surface area contributed by atoms with Crippen LogP contribution in [0.3, 0.4) is 0 Å². The van der Waals surface area contributed by atoms with E-state index in [-0.39, 0.29) is 0 Å². The summed E-state index contributed by atoms with van der Waals surface area (Å²) >= 11 is 0.